The van der Waals surface area contributed by atoms with Crippen LogP contribution in [0.3, 0.4) is 0 Å². The number of hydrogen-bond donors (Lipinski definition) is 2. The summed E-state index contributed by atoms with van der Waals surface area (Å²) in [6.07, 6.45) is 0. The zero-order valence-electron chi connectivity index (χ0n) is 11.0. The Balaban J connectivity index is 2.29. The molecule has 0 fully saturated rings. The summed E-state index contributed by atoms with van der Waals surface area (Å²) >= 11 is 2.00. The summed E-state index contributed by atoms with van der Waals surface area (Å²) in [6, 6.07) is 1.16. The number of thiophene rings is 2. The van der Waals surface area contributed by atoms with Crippen LogP contribution in [0.1, 0.15) is 31.2 Å². The average Bonchev–Trinajstić information content (AvgIpc) is 2.96. The first kappa shape index (κ1) is 15.1. The van der Waals surface area contributed by atoms with Crippen molar-refractivity contribution in [2.24, 2.45) is 0 Å². The first-order chi connectivity index (χ1) is 9.81. The molecule has 0 aromatic carbocycles. The van der Waals surface area contributed by atoms with E-state index in [0.717, 1.165) is 33.6 Å². The standard InChI is InChI=1S/C12H10N2O5S2/c1-5-6(2)21-11(9(5)12(16)17)13-10(15)7-3-8(14(18)19)20-4-7/h3-4H,1-2H3,(H,13,15)(H,16,17). The van der Waals surface area contributed by atoms with Crippen LogP contribution in [-0.4, -0.2) is 21.9 Å². The van der Waals surface area contributed by atoms with Gasteiger partial charge in [-0.3, -0.25) is 14.9 Å². The number of nitrogens with zero attached hydrogens (tertiary/aromatic N) is 1. The highest BCUT2D eigenvalue weighted by atomic mass is 32.1. The molecule has 0 unspecified atom stereocenters. The van der Waals surface area contributed by atoms with Crippen molar-refractivity contribution in [2.75, 3.05) is 5.32 Å². The van der Waals surface area contributed by atoms with Crippen LogP contribution in [0, 0.1) is 24.0 Å². The van der Waals surface area contributed by atoms with E-state index in [1.807, 2.05) is 0 Å². The number of amides is 1. The highest BCUT2D eigenvalue weighted by Gasteiger charge is 2.22. The zero-order valence-corrected chi connectivity index (χ0v) is 12.6. The molecule has 21 heavy (non-hydrogen) atoms. The van der Waals surface area contributed by atoms with Gasteiger partial charge in [-0.15, -0.1) is 11.3 Å². The number of carboxylic acid groups (broad SMARTS) is 1. The highest BCUT2D eigenvalue weighted by molar-refractivity contribution is 7.17. The van der Waals surface area contributed by atoms with E-state index < -0.39 is 16.8 Å². The number of carboxylic acids is 1. The largest absolute Gasteiger partial charge is 0.478 e. The molecule has 0 spiro atoms. The van der Waals surface area contributed by atoms with E-state index in [1.54, 1.807) is 13.8 Å². The molecule has 0 radical (unpaired) electrons. The molecule has 0 bridgehead atoms. The van der Waals surface area contributed by atoms with Gasteiger partial charge in [-0.2, -0.15) is 0 Å². The fraction of sp³-hybridized carbons (Fsp3) is 0.167. The fourth-order valence-electron chi connectivity index (χ4n) is 1.69. The number of aromatic carboxylic acids is 1. The first-order valence-electron chi connectivity index (χ1n) is 5.68. The maximum Gasteiger partial charge on any atom is 0.338 e. The second-order valence-electron chi connectivity index (χ2n) is 4.18. The highest BCUT2D eigenvalue weighted by Crippen LogP contribution is 2.33. The summed E-state index contributed by atoms with van der Waals surface area (Å²) in [7, 11) is 0. The van der Waals surface area contributed by atoms with Gasteiger partial charge in [0.05, 0.1) is 16.1 Å². The molecule has 2 aromatic heterocycles. The van der Waals surface area contributed by atoms with E-state index in [9.17, 15) is 24.8 Å². The molecule has 0 atom stereocenters. The van der Waals surface area contributed by atoms with Crippen molar-refractivity contribution < 1.29 is 19.6 Å². The molecular weight excluding hydrogens is 316 g/mol. The van der Waals surface area contributed by atoms with Crippen LogP contribution in [-0.2, 0) is 0 Å². The Labute approximate surface area is 127 Å². The molecule has 2 heterocycles. The van der Waals surface area contributed by atoms with Gasteiger partial charge in [-0.05, 0) is 19.4 Å². The number of carbonyl (C=O) groups excluding carboxylic acids is 1. The molecule has 0 aliphatic heterocycles. The molecule has 9 heteroatoms. The van der Waals surface area contributed by atoms with E-state index in [1.165, 1.54) is 5.38 Å². The van der Waals surface area contributed by atoms with E-state index in [2.05, 4.69) is 5.32 Å². The minimum atomic E-state index is -1.12. The lowest BCUT2D eigenvalue weighted by Crippen LogP contribution is -2.12. The van der Waals surface area contributed by atoms with Gasteiger partial charge in [0, 0.05) is 16.3 Å². The van der Waals surface area contributed by atoms with Crippen LogP contribution in [0.4, 0.5) is 10.0 Å². The van der Waals surface area contributed by atoms with E-state index >= 15 is 0 Å². The number of anilines is 1. The van der Waals surface area contributed by atoms with Crippen molar-refractivity contribution in [1.29, 1.82) is 0 Å². The summed E-state index contributed by atoms with van der Waals surface area (Å²) in [4.78, 5) is 34.1. The Kier molecular flexibility index (Phi) is 4.05. The van der Waals surface area contributed by atoms with E-state index in [-0.39, 0.29) is 21.1 Å². The van der Waals surface area contributed by atoms with Crippen molar-refractivity contribution in [3.63, 3.8) is 0 Å². The molecule has 2 rings (SSSR count). The van der Waals surface area contributed by atoms with Crippen LogP contribution < -0.4 is 5.32 Å². The first-order valence-corrected chi connectivity index (χ1v) is 7.38. The molecule has 2 N–H and O–H groups in total. The van der Waals surface area contributed by atoms with Gasteiger partial charge in [0.1, 0.15) is 5.00 Å². The monoisotopic (exact) mass is 326 g/mol. The average molecular weight is 326 g/mol. The smallest absolute Gasteiger partial charge is 0.338 e. The van der Waals surface area contributed by atoms with Crippen LogP contribution in [0.15, 0.2) is 11.4 Å². The van der Waals surface area contributed by atoms with Crippen LogP contribution in [0.2, 0.25) is 0 Å². The summed E-state index contributed by atoms with van der Waals surface area (Å²) in [5, 5.41) is 23.7. The van der Waals surface area contributed by atoms with Gasteiger partial charge in [0.2, 0.25) is 0 Å². The fourth-order valence-corrected chi connectivity index (χ4v) is 3.44. The van der Waals surface area contributed by atoms with Crippen molar-refractivity contribution in [3.05, 3.63) is 43.1 Å². The maximum atomic E-state index is 12.0. The predicted octanol–water partition coefficient (Wildman–Crippen LogP) is 3.29. The molecule has 1 amide bonds. The Morgan fingerprint density at radius 3 is 2.57 bits per heavy atom. The summed E-state index contributed by atoms with van der Waals surface area (Å²) < 4.78 is 0. The van der Waals surface area contributed by atoms with Crippen LogP contribution >= 0.6 is 22.7 Å². The molecule has 0 aliphatic carbocycles. The number of rotatable bonds is 4. The maximum absolute atomic E-state index is 12.0. The number of nitro groups is 1. The Bertz CT molecular complexity index is 747. The van der Waals surface area contributed by atoms with Crippen molar-refractivity contribution in [3.8, 4) is 0 Å². The number of hydrogen-bond acceptors (Lipinski definition) is 6. The molecule has 110 valence electrons. The Morgan fingerprint density at radius 1 is 1.38 bits per heavy atom. The van der Waals surface area contributed by atoms with Crippen molar-refractivity contribution in [1.82, 2.24) is 0 Å². The molecule has 0 saturated heterocycles. The lowest BCUT2D eigenvalue weighted by molar-refractivity contribution is -0.380. The van der Waals surface area contributed by atoms with Gasteiger partial charge in [0.25, 0.3) is 5.91 Å². The molecule has 0 saturated carbocycles. The third-order valence-corrected chi connectivity index (χ3v) is 4.86. The summed E-state index contributed by atoms with van der Waals surface area (Å²) in [6.45, 7) is 3.43. The molecule has 7 nitrogen and oxygen atoms in total. The van der Waals surface area contributed by atoms with Gasteiger partial charge in [-0.25, -0.2) is 4.79 Å². The minimum absolute atomic E-state index is 0.0515. The molecule has 2 aromatic rings. The van der Waals surface area contributed by atoms with E-state index in [4.69, 9.17) is 0 Å². The SMILES string of the molecule is Cc1sc(NC(=O)c2csc([N+](=O)[O-])c2)c(C(=O)O)c1C. The number of aryl methyl sites for hydroxylation is 1. The van der Waals surface area contributed by atoms with Crippen molar-refractivity contribution in [2.45, 2.75) is 13.8 Å². The second kappa shape index (κ2) is 5.62. The quantitative estimate of drug-likeness (QED) is 0.662. The second-order valence-corrected chi connectivity index (χ2v) is 6.29. The van der Waals surface area contributed by atoms with Gasteiger partial charge in [0.15, 0.2) is 0 Å². The predicted molar refractivity (Wildman–Crippen MR) is 79.7 cm³/mol. The van der Waals surface area contributed by atoms with Gasteiger partial charge < -0.3 is 10.4 Å². The third-order valence-electron chi connectivity index (χ3n) is 2.85. The topological polar surface area (TPSA) is 110 Å². The molecule has 0 aliphatic rings. The van der Waals surface area contributed by atoms with Crippen LogP contribution in [0.5, 0.6) is 0 Å². The van der Waals surface area contributed by atoms with Crippen LogP contribution in [0.25, 0.3) is 0 Å². The van der Waals surface area contributed by atoms with Crippen molar-refractivity contribution >= 4 is 44.6 Å². The molecular formula is C12H10N2O5S2. The number of nitrogens with one attached hydrogen (secondary N) is 1. The summed E-state index contributed by atoms with van der Waals surface area (Å²) in [5.41, 5.74) is 0.779. The van der Waals surface area contributed by atoms with Gasteiger partial charge >= 0.3 is 11.0 Å². The minimum Gasteiger partial charge on any atom is -0.478 e. The normalized spacial score (nSPS) is 10.4. The Hall–Kier alpha value is -2.26. The summed E-state index contributed by atoms with van der Waals surface area (Å²) in [5.74, 6) is -1.69. The van der Waals surface area contributed by atoms with E-state index in [0.29, 0.717) is 5.56 Å². The number of carbonyl (C=O) groups is 2. The Morgan fingerprint density at radius 2 is 2.05 bits per heavy atom. The lowest BCUT2D eigenvalue weighted by Gasteiger charge is -2.02. The lowest BCUT2D eigenvalue weighted by atomic mass is 10.1. The third kappa shape index (κ3) is 2.93. The zero-order chi connectivity index (χ0) is 15.7. The van der Waals surface area contributed by atoms with Gasteiger partial charge in [-0.1, -0.05) is 11.3 Å².